The minimum Gasteiger partial charge on any atom is -0.478 e. The third kappa shape index (κ3) is 2.09. The molecule has 0 spiro atoms. The Labute approximate surface area is 126 Å². The van der Waals surface area contributed by atoms with Crippen molar-refractivity contribution in [1.29, 1.82) is 0 Å². The molecule has 0 fully saturated rings. The molecule has 1 N–H and O–H groups in total. The zero-order valence-electron chi connectivity index (χ0n) is 11.8. The second-order valence-corrected chi connectivity index (χ2v) is 6.52. The van der Waals surface area contributed by atoms with Gasteiger partial charge in [0.2, 0.25) is 0 Å². The highest BCUT2D eigenvalue weighted by atomic mass is 35.5. The number of carboxylic acid groups (broad SMARTS) is 1. The van der Waals surface area contributed by atoms with E-state index in [1.807, 2.05) is 13.8 Å². The molecule has 0 unspecified atom stereocenters. The smallest absolute Gasteiger partial charge is 0.336 e. The standard InChI is InChI=1S/C16H15ClFNO2/c1-16(2)7-3-4-8-11(15(20)21)12-9(17)5-6-10(18)13(12)19-14(8)16/h5-6H,3-4,7H2,1-2H3,(H,20,21). The predicted octanol–water partition coefficient (Wildman–Crippen LogP) is 4.34. The van der Waals surface area contributed by atoms with Gasteiger partial charge in [0.05, 0.1) is 16.3 Å². The molecule has 3 rings (SSSR count). The Morgan fingerprint density at radius 2 is 2.14 bits per heavy atom. The number of halogens is 2. The minimum atomic E-state index is -1.08. The number of benzene rings is 1. The van der Waals surface area contributed by atoms with Gasteiger partial charge in [0.1, 0.15) is 11.3 Å². The normalized spacial score (nSPS) is 16.8. The Hall–Kier alpha value is -1.68. The van der Waals surface area contributed by atoms with E-state index in [1.165, 1.54) is 12.1 Å². The van der Waals surface area contributed by atoms with E-state index in [4.69, 9.17) is 11.6 Å². The molecule has 1 aliphatic carbocycles. The molecule has 1 aromatic carbocycles. The molecule has 1 aromatic heterocycles. The number of rotatable bonds is 1. The number of nitrogens with zero attached hydrogens (tertiary/aromatic N) is 1. The zero-order valence-corrected chi connectivity index (χ0v) is 12.6. The summed E-state index contributed by atoms with van der Waals surface area (Å²) in [5.74, 6) is -1.62. The number of carbonyl (C=O) groups is 1. The summed E-state index contributed by atoms with van der Waals surface area (Å²) >= 11 is 6.12. The van der Waals surface area contributed by atoms with Crippen molar-refractivity contribution < 1.29 is 14.3 Å². The molecule has 2 aromatic rings. The first-order chi connectivity index (χ1) is 9.83. The Morgan fingerprint density at radius 3 is 2.81 bits per heavy atom. The van der Waals surface area contributed by atoms with Crippen LogP contribution in [0.15, 0.2) is 12.1 Å². The Bertz CT molecular complexity index is 771. The Morgan fingerprint density at radius 1 is 1.43 bits per heavy atom. The van der Waals surface area contributed by atoms with Crippen LogP contribution in [0.2, 0.25) is 5.02 Å². The summed E-state index contributed by atoms with van der Waals surface area (Å²) in [6, 6.07) is 2.61. The van der Waals surface area contributed by atoms with Gasteiger partial charge in [0, 0.05) is 10.8 Å². The molecule has 0 saturated carbocycles. The molecule has 0 atom stereocenters. The number of pyridine rings is 1. The van der Waals surface area contributed by atoms with Crippen LogP contribution in [-0.4, -0.2) is 16.1 Å². The maximum absolute atomic E-state index is 14.1. The van der Waals surface area contributed by atoms with Crippen LogP contribution in [0.1, 0.15) is 48.3 Å². The molecule has 0 radical (unpaired) electrons. The van der Waals surface area contributed by atoms with Crippen molar-refractivity contribution in [3.05, 3.63) is 39.8 Å². The average molecular weight is 308 g/mol. The van der Waals surface area contributed by atoms with Crippen molar-refractivity contribution >= 4 is 28.5 Å². The number of carboxylic acids is 1. The SMILES string of the molecule is CC1(C)CCCc2c1nc1c(F)ccc(Cl)c1c2C(=O)O. The number of aromatic carboxylic acids is 1. The minimum absolute atomic E-state index is 0.0497. The van der Waals surface area contributed by atoms with E-state index >= 15 is 0 Å². The van der Waals surface area contributed by atoms with Gasteiger partial charge in [-0.05, 0) is 37.0 Å². The van der Waals surface area contributed by atoms with Crippen molar-refractivity contribution in [3.63, 3.8) is 0 Å². The van der Waals surface area contributed by atoms with Crippen molar-refractivity contribution in [3.8, 4) is 0 Å². The van der Waals surface area contributed by atoms with Gasteiger partial charge in [-0.3, -0.25) is 0 Å². The third-order valence-corrected chi connectivity index (χ3v) is 4.54. The van der Waals surface area contributed by atoms with E-state index in [2.05, 4.69) is 4.98 Å². The number of hydrogen-bond donors (Lipinski definition) is 1. The van der Waals surface area contributed by atoms with E-state index < -0.39 is 11.8 Å². The lowest BCUT2D eigenvalue weighted by Gasteiger charge is -2.32. The number of aromatic nitrogens is 1. The van der Waals surface area contributed by atoms with Gasteiger partial charge in [0.25, 0.3) is 0 Å². The maximum atomic E-state index is 14.1. The monoisotopic (exact) mass is 307 g/mol. The molecule has 1 aliphatic rings. The van der Waals surface area contributed by atoms with Crippen LogP contribution < -0.4 is 0 Å². The Balaban J connectivity index is 2.53. The van der Waals surface area contributed by atoms with Crippen LogP contribution in [0, 0.1) is 5.82 Å². The second-order valence-electron chi connectivity index (χ2n) is 6.11. The van der Waals surface area contributed by atoms with Crippen LogP contribution in [0.3, 0.4) is 0 Å². The summed E-state index contributed by atoms with van der Waals surface area (Å²) in [7, 11) is 0. The fourth-order valence-corrected chi connectivity index (χ4v) is 3.45. The first kappa shape index (κ1) is 14.3. The van der Waals surface area contributed by atoms with Gasteiger partial charge >= 0.3 is 5.97 Å². The van der Waals surface area contributed by atoms with Gasteiger partial charge in [-0.15, -0.1) is 0 Å². The van der Waals surface area contributed by atoms with E-state index in [9.17, 15) is 14.3 Å². The van der Waals surface area contributed by atoms with Crippen molar-refractivity contribution in [2.75, 3.05) is 0 Å². The van der Waals surface area contributed by atoms with Crippen LogP contribution in [0.4, 0.5) is 4.39 Å². The molecule has 110 valence electrons. The largest absolute Gasteiger partial charge is 0.478 e. The molecule has 0 saturated heterocycles. The lowest BCUT2D eigenvalue weighted by Crippen LogP contribution is -2.27. The molecule has 0 bridgehead atoms. The summed E-state index contributed by atoms with van der Waals surface area (Å²) in [6.45, 7) is 4.02. The Kier molecular flexibility index (Phi) is 3.17. The highest BCUT2D eigenvalue weighted by Gasteiger charge is 2.34. The lowest BCUT2D eigenvalue weighted by molar-refractivity contribution is 0.0697. The third-order valence-electron chi connectivity index (χ3n) is 4.22. The highest BCUT2D eigenvalue weighted by Crippen LogP contribution is 2.41. The van der Waals surface area contributed by atoms with Crippen LogP contribution in [0.5, 0.6) is 0 Å². The van der Waals surface area contributed by atoms with Crippen molar-refractivity contribution in [2.24, 2.45) is 0 Å². The van der Waals surface area contributed by atoms with Crippen LogP contribution in [0.25, 0.3) is 10.9 Å². The van der Waals surface area contributed by atoms with E-state index in [-0.39, 0.29) is 26.9 Å². The van der Waals surface area contributed by atoms with Crippen LogP contribution in [-0.2, 0) is 11.8 Å². The van der Waals surface area contributed by atoms with Crippen molar-refractivity contribution in [2.45, 2.75) is 38.5 Å². The average Bonchev–Trinajstić information content (AvgIpc) is 2.41. The number of hydrogen-bond acceptors (Lipinski definition) is 2. The molecular weight excluding hydrogens is 293 g/mol. The highest BCUT2D eigenvalue weighted by molar-refractivity contribution is 6.36. The fraction of sp³-hybridized carbons (Fsp3) is 0.375. The van der Waals surface area contributed by atoms with E-state index in [0.29, 0.717) is 17.7 Å². The summed E-state index contributed by atoms with van der Waals surface area (Å²) in [4.78, 5) is 16.2. The topological polar surface area (TPSA) is 50.2 Å². The summed E-state index contributed by atoms with van der Waals surface area (Å²) in [5.41, 5.74) is 1.26. The maximum Gasteiger partial charge on any atom is 0.336 e. The molecule has 0 amide bonds. The fourth-order valence-electron chi connectivity index (χ4n) is 3.20. The van der Waals surface area contributed by atoms with Crippen molar-refractivity contribution in [1.82, 2.24) is 4.98 Å². The van der Waals surface area contributed by atoms with Gasteiger partial charge in [0.15, 0.2) is 0 Å². The van der Waals surface area contributed by atoms with Gasteiger partial charge in [-0.25, -0.2) is 14.2 Å². The molecular formula is C16H15ClFNO2. The molecule has 1 heterocycles. The van der Waals surface area contributed by atoms with Gasteiger partial charge < -0.3 is 5.11 Å². The number of fused-ring (bicyclic) bond motifs is 2. The first-order valence-corrected chi connectivity index (χ1v) is 7.25. The summed E-state index contributed by atoms with van der Waals surface area (Å²) in [6.07, 6.45) is 2.43. The quantitative estimate of drug-likeness (QED) is 0.852. The summed E-state index contributed by atoms with van der Waals surface area (Å²) in [5, 5.41) is 10.0. The molecule has 3 nitrogen and oxygen atoms in total. The van der Waals surface area contributed by atoms with Crippen LogP contribution >= 0.6 is 11.6 Å². The van der Waals surface area contributed by atoms with E-state index in [0.717, 1.165) is 12.8 Å². The summed E-state index contributed by atoms with van der Waals surface area (Å²) < 4.78 is 14.1. The van der Waals surface area contributed by atoms with Gasteiger partial charge in [-0.1, -0.05) is 25.4 Å². The zero-order chi connectivity index (χ0) is 15.4. The molecule has 0 aliphatic heterocycles. The predicted molar refractivity (Wildman–Crippen MR) is 79.6 cm³/mol. The lowest BCUT2D eigenvalue weighted by atomic mass is 9.74. The molecule has 5 heteroatoms. The van der Waals surface area contributed by atoms with E-state index in [1.54, 1.807) is 0 Å². The van der Waals surface area contributed by atoms with Gasteiger partial charge in [-0.2, -0.15) is 0 Å². The second kappa shape index (κ2) is 4.67. The molecule has 21 heavy (non-hydrogen) atoms. The first-order valence-electron chi connectivity index (χ1n) is 6.87.